The van der Waals surface area contributed by atoms with Crippen molar-refractivity contribution in [3.63, 3.8) is 0 Å². The Balaban J connectivity index is 2.30. The van der Waals surface area contributed by atoms with Crippen molar-refractivity contribution >= 4 is 5.78 Å². The normalized spacial score (nSPS) is 18.2. The van der Waals surface area contributed by atoms with Gasteiger partial charge in [0.25, 0.3) is 0 Å². The molecule has 3 nitrogen and oxygen atoms in total. The largest absolute Gasteiger partial charge is 0.444 e. The van der Waals surface area contributed by atoms with E-state index in [-0.39, 0.29) is 11.2 Å². The summed E-state index contributed by atoms with van der Waals surface area (Å²) in [4.78, 5) is 11.2. The van der Waals surface area contributed by atoms with Crippen LogP contribution in [0.2, 0.25) is 0 Å². The van der Waals surface area contributed by atoms with E-state index in [0.29, 0.717) is 11.5 Å². The molecule has 0 amide bonds. The topological polar surface area (TPSA) is 35.5 Å². The Hall–Kier alpha value is -1.51. The first kappa shape index (κ1) is 12.0. The van der Waals surface area contributed by atoms with E-state index in [0.717, 1.165) is 6.42 Å². The Labute approximate surface area is 102 Å². The Kier molecular flexibility index (Phi) is 2.86. The number of Topliss-reactive ketones (excluding diaryl/α,β-unsaturated/α-hetero) is 1. The summed E-state index contributed by atoms with van der Waals surface area (Å²) >= 11 is 0. The fourth-order valence-electron chi connectivity index (χ4n) is 1.74. The molecule has 3 heteroatoms. The van der Waals surface area contributed by atoms with E-state index < -0.39 is 6.29 Å². The third-order valence-electron chi connectivity index (χ3n) is 3.41. The highest BCUT2D eigenvalue weighted by atomic mass is 16.7. The third kappa shape index (κ3) is 2.14. The highest BCUT2D eigenvalue weighted by Gasteiger charge is 2.29. The van der Waals surface area contributed by atoms with Gasteiger partial charge in [0.15, 0.2) is 11.5 Å². The molecule has 0 saturated heterocycles. The second kappa shape index (κ2) is 4.06. The molecule has 17 heavy (non-hydrogen) atoms. The van der Waals surface area contributed by atoms with E-state index in [1.54, 1.807) is 0 Å². The number of ketones is 1. The van der Waals surface area contributed by atoms with Gasteiger partial charge in [-0.1, -0.05) is 26.8 Å². The number of rotatable bonds is 3. The van der Waals surface area contributed by atoms with Gasteiger partial charge in [-0.05, 0) is 29.5 Å². The summed E-state index contributed by atoms with van der Waals surface area (Å²) in [7, 11) is 0. The molecular weight excluding hydrogens is 216 g/mol. The predicted octanol–water partition coefficient (Wildman–Crippen LogP) is 3.06. The van der Waals surface area contributed by atoms with Crippen LogP contribution < -0.4 is 9.47 Å². The molecule has 1 aromatic carbocycles. The van der Waals surface area contributed by atoms with Crippen LogP contribution in [-0.2, 0) is 10.2 Å². The van der Waals surface area contributed by atoms with Crippen molar-refractivity contribution in [1.82, 2.24) is 0 Å². The van der Waals surface area contributed by atoms with Crippen molar-refractivity contribution in [2.75, 3.05) is 0 Å². The van der Waals surface area contributed by atoms with Gasteiger partial charge >= 0.3 is 6.29 Å². The molecule has 2 rings (SSSR count). The molecule has 0 spiro atoms. The lowest BCUT2D eigenvalue weighted by Gasteiger charge is -2.23. The van der Waals surface area contributed by atoms with Crippen LogP contribution in [0.1, 0.15) is 39.7 Å². The molecule has 1 heterocycles. The molecule has 1 aromatic rings. The molecule has 0 radical (unpaired) electrons. The maximum atomic E-state index is 11.2. The number of benzene rings is 1. The zero-order valence-electron chi connectivity index (χ0n) is 10.7. The van der Waals surface area contributed by atoms with Gasteiger partial charge in [-0.3, -0.25) is 4.79 Å². The van der Waals surface area contributed by atoms with E-state index in [1.165, 1.54) is 12.5 Å². The van der Waals surface area contributed by atoms with Crippen LogP contribution in [0.3, 0.4) is 0 Å². The smallest absolute Gasteiger partial charge is 0.300 e. The van der Waals surface area contributed by atoms with Crippen molar-refractivity contribution in [1.29, 1.82) is 0 Å². The van der Waals surface area contributed by atoms with Crippen LogP contribution in [0.25, 0.3) is 0 Å². The molecule has 1 unspecified atom stereocenters. The van der Waals surface area contributed by atoms with Crippen LogP contribution in [0.5, 0.6) is 11.5 Å². The lowest BCUT2D eigenvalue weighted by molar-refractivity contribution is -0.132. The second-order valence-corrected chi connectivity index (χ2v) is 5.08. The number of hydrogen-bond acceptors (Lipinski definition) is 3. The van der Waals surface area contributed by atoms with Crippen molar-refractivity contribution in [3.8, 4) is 11.5 Å². The quantitative estimate of drug-likeness (QED) is 0.806. The fraction of sp³-hybridized carbons (Fsp3) is 0.500. The molecule has 92 valence electrons. The Morgan fingerprint density at radius 3 is 2.53 bits per heavy atom. The maximum absolute atomic E-state index is 11.2. The summed E-state index contributed by atoms with van der Waals surface area (Å²) < 4.78 is 10.9. The van der Waals surface area contributed by atoms with Gasteiger partial charge < -0.3 is 9.47 Å². The number of fused-ring (bicyclic) bond motifs is 1. The van der Waals surface area contributed by atoms with Gasteiger partial charge in [-0.25, -0.2) is 0 Å². The van der Waals surface area contributed by atoms with Gasteiger partial charge in [0.1, 0.15) is 0 Å². The molecule has 1 aliphatic rings. The minimum atomic E-state index is -0.773. The van der Waals surface area contributed by atoms with Crippen LogP contribution in [0.4, 0.5) is 0 Å². The molecule has 1 atom stereocenters. The number of carbonyl (C=O) groups excluding carboxylic acids is 1. The van der Waals surface area contributed by atoms with Gasteiger partial charge in [-0.15, -0.1) is 0 Å². The van der Waals surface area contributed by atoms with Crippen LogP contribution in [0.15, 0.2) is 18.2 Å². The Morgan fingerprint density at radius 1 is 1.29 bits per heavy atom. The summed E-state index contributed by atoms with van der Waals surface area (Å²) in [5.74, 6) is 1.21. The van der Waals surface area contributed by atoms with Gasteiger partial charge in [0.05, 0.1) is 0 Å². The average molecular weight is 234 g/mol. The lowest BCUT2D eigenvalue weighted by Crippen LogP contribution is -2.26. The molecule has 0 N–H and O–H groups in total. The zero-order chi connectivity index (χ0) is 12.6. The van der Waals surface area contributed by atoms with Crippen molar-refractivity contribution < 1.29 is 14.3 Å². The first-order chi connectivity index (χ1) is 7.94. The second-order valence-electron chi connectivity index (χ2n) is 5.08. The minimum Gasteiger partial charge on any atom is -0.444 e. The van der Waals surface area contributed by atoms with E-state index in [1.807, 2.05) is 18.2 Å². The van der Waals surface area contributed by atoms with Crippen molar-refractivity contribution in [3.05, 3.63) is 23.8 Å². The number of ether oxygens (including phenoxy) is 2. The molecule has 1 aliphatic heterocycles. The van der Waals surface area contributed by atoms with Crippen LogP contribution in [-0.4, -0.2) is 12.1 Å². The van der Waals surface area contributed by atoms with Crippen molar-refractivity contribution in [2.45, 2.75) is 45.8 Å². The zero-order valence-corrected chi connectivity index (χ0v) is 10.7. The monoisotopic (exact) mass is 234 g/mol. The van der Waals surface area contributed by atoms with Crippen LogP contribution >= 0.6 is 0 Å². The summed E-state index contributed by atoms with van der Waals surface area (Å²) in [5.41, 5.74) is 1.30. The standard InChI is InChI=1S/C14H18O3/c1-5-14(3,4)10-6-7-11-12(8-10)17-13(16-11)9(2)15/h6-8,13H,5H2,1-4H3. The fourth-order valence-corrected chi connectivity index (χ4v) is 1.74. The molecule has 0 saturated carbocycles. The van der Waals surface area contributed by atoms with E-state index >= 15 is 0 Å². The van der Waals surface area contributed by atoms with Gasteiger partial charge in [0, 0.05) is 6.92 Å². The average Bonchev–Trinajstić information content (AvgIpc) is 2.71. The first-order valence-electron chi connectivity index (χ1n) is 5.92. The lowest BCUT2D eigenvalue weighted by atomic mass is 9.82. The SMILES string of the molecule is CCC(C)(C)c1ccc2c(c1)OC(C(C)=O)O2. The highest BCUT2D eigenvalue weighted by molar-refractivity contribution is 5.80. The number of carbonyl (C=O) groups is 1. The minimum absolute atomic E-state index is 0.104. The highest BCUT2D eigenvalue weighted by Crippen LogP contribution is 2.39. The molecule has 0 fully saturated rings. The summed E-state index contributed by atoms with van der Waals surface area (Å²) in [6, 6.07) is 5.89. The maximum Gasteiger partial charge on any atom is 0.300 e. The first-order valence-corrected chi connectivity index (χ1v) is 5.92. The van der Waals surface area contributed by atoms with Gasteiger partial charge in [-0.2, -0.15) is 0 Å². The van der Waals surface area contributed by atoms with E-state index in [4.69, 9.17) is 9.47 Å². The molecule has 0 aromatic heterocycles. The predicted molar refractivity (Wildman–Crippen MR) is 65.5 cm³/mol. The van der Waals surface area contributed by atoms with E-state index in [9.17, 15) is 4.79 Å². The van der Waals surface area contributed by atoms with Crippen molar-refractivity contribution in [2.24, 2.45) is 0 Å². The Morgan fingerprint density at radius 2 is 1.94 bits per heavy atom. The summed E-state index contributed by atoms with van der Waals surface area (Å²) in [6.45, 7) is 8.00. The molecular formula is C14H18O3. The molecule has 0 aliphatic carbocycles. The van der Waals surface area contributed by atoms with E-state index in [2.05, 4.69) is 20.8 Å². The summed E-state index contributed by atoms with van der Waals surface area (Å²) in [6.07, 6.45) is 0.271. The Bertz CT molecular complexity index is 449. The third-order valence-corrected chi connectivity index (χ3v) is 3.41. The molecule has 0 bridgehead atoms. The van der Waals surface area contributed by atoms with Crippen LogP contribution in [0, 0.1) is 0 Å². The van der Waals surface area contributed by atoms with Gasteiger partial charge in [0.2, 0.25) is 5.78 Å². The number of hydrogen-bond donors (Lipinski definition) is 0. The summed E-state index contributed by atoms with van der Waals surface area (Å²) in [5, 5.41) is 0.